The molecule has 2 N–H and O–H groups in total. The van der Waals surface area contributed by atoms with Gasteiger partial charge in [0.2, 0.25) is 5.91 Å². The van der Waals surface area contributed by atoms with E-state index >= 15 is 0 Å². The van der Waals surface area contributed by atoms with E-state index in [9.17, 15) is 4.79 Å². The van der Waals surface area contributed by atoms with Gasteiger partial charge in [0.25, 0.3) is 0 Å². The fourth-order valence-corrected chi connectivity index (χ4v) is 2.30. The van der Waals surface area contributed by atoms with E-state index in [0.717, 1.165) is 25.2 Å². The molecule has 0 spiro atoms. The molecule has 0 unspecified atom stereocenters. The molecule has 1 aliphatic heterocycles. The highest BCUT2D eigenvalue weighted by Crippen LogP contribution is 2.10. The average Bonchev–Trinajstić information content (AvgIpc) is 2.40. The van der Waals surface area contributed by atoms with E-state index in [4.69, 9.17) is 0 Å². The van der Waals surface area contributed by atoms with Crippen molar-refractivity contribution >= 4 is 5.91 Å². The molecule has 0 aromatic heterocycles. The van der Waals surface area contributed by atoms with E-state index in [0.29, 0.717) is 12.3 Å². The molecule has 0 saturated carbocycles. The van der Waals surface area contributed by atoms with Crippen LogP contribution in [0.25, 0.3) is 0 Å². The lowest BCUT2D eigenvalue weighted by atomic mass is 9.98. The zero-order chi connectivity index (χ0) is 12.8. The lowest BCUT2D eigenvalue weighted by Gasteiger charge is -2.22. The van der Waals surface area contributed by atoms with Gasteiger partial charge in [-0.05, 0) is 44.3 Å². The molecule has 1 aromatic carbocycles. The number of carbonyl (C=O) groups excluding carboxylic acids is 1. The summed E-state index contributed by atoms with van der Waals surface area (Å²) in [6.07, 6.45) is 2.83. The maximum atomic E-state index is 11.8. The van der Waals surface area contributed by atoms with Gasteiger partial charge in [-0.25, -0.2) is 0 Å². The van der Waals surface area contributed by atoms with Crippen LogP contribution in [-0.2, 0) is 11.2 Å². The van der Waals surface area contributed by atoms with Gasteiger partial charge in [-0.1, -0.05) is 29.8 Å². The number of aryl methyl sites for hydroxylation is 1. The van der Waals surface area contributed by atoms with E-state index in [-0.39, 0.29) is 5.91 Å². The van der Waals surface area contributed by atoms with Crippen molar-refractivity contribution in [3.63, 3.8) is 0 Å². The summed E-state index contributed by atoms with van der Waals surface area (Å²) in [7, 11) is 0. The predicted octanol–water partition coefficient (Wildman–Crippen LogP) is 1.65. The third kappa shape index (κ3) is 4.15. The first-order valence-corrected chi connectivity index (χ1v) is 6.77. The van der Waals surface area contributed by atoms with Crippen molar-refractivity contribution in [3.8, 4) is 0 Å². The minimum Gasteiger partial charge on any atom is -0.356 e. The molecular formula is C15H22N2O. The number of rotatable bonds is 4. The summed E-state index contributed by atoms with van der Waals surface area (Å²) in [5.41, 5.74) is 2.32. The SMILES string of the molecule is Cc1ccc(CC(=O)NCC2CCNCC2)cc1. The van der Waals surface area contributed by atoms with Crippen LogP contribution in [0.2, 0.25) is 0 Å². The predicted molar refractivity (Wildman–Crippen MR) is 73.5 cm³/mol. The van der Waals surface area contributed by atoms with Gasteiger partial charge in [-0.3, -0.25) is 4.79 Å². The van der Waals surface area contributed by atoms with Crippen molar-refractivity contribution < 1.29 is 4.79 Å². The van der Waals surface area contributed by atoms with Crippen molar-refractivity contribution in [1.29, 1.82) is 0 Å². The van der Waals surface area contributed by atoms with Crippen LogP contribution in [0, 0.1) is 12.8 Å². The molecule has 2 rings (SSSR count). The maximum Gasteiger partial charge on any atom is 0.224 e. The number of nitrogens with one attached hydrogen (secondary N) is 2. The van der Waals surface area contributed by atoms with Gasteiger partial charge in [0, 0.05) is 6.54 Å². The van der Waals surface area contributed by atoms with Crippen molar-refractivity contribution in [1.82, 2.24) is 10.6 Å². The lowest BCUT2D eigenvalue weighted by molar-refractivity contribution is -0.120. The van der Waals surface area contributed by atoms with E-state index < -0.39 is 0 Å². The number of hydrogen-bond acceptors (Lipinski definition) is 2. The van der Waals surface area contributed by atoms with Gasteiger partial charge in [0.05, 0.1) is 6.42 Å². The Balaban J connectivity index is 1.73. The second-order valence-corrected chi connectivity index (χ2v) is 5.16. The molecule has 1 saturated heterocycles. The highest BCUT2D eigenvalue weighted by molar-refractivity contribution is 5.78. The molecule has 98 valence electrons. The van der Waals surface area contributed by atoms with Crippen LogP contribution in [0.5, 0.6) is 0 Å². The topological polar surface area (TPSA) is 41.1 Å². The van der Waals surface area contributed by atoms with E-state index in [1.165, 1.54) is 18.4 Å². The van der Waals surface area contributed by atoms with Crippen molar-refractivity contribution in [2.45, 2.75) is 26.2 Å². The van der Waals surface area contributed by atoms with Gasteiger partial charge >= 0.3 is 0 Å². The number of carbonyl (C=O) groups is 1. The minimum atomic E-state index is 0.136. The first kappa shape index (κ1) is 13.1. The Labute approximate surface area is 109 Å². The van der Waals surface area contributed by atoms with Crippen molar-refractivity contribution in [3.05, 3.63) is 35.4 Å². The summed E-state index contributed by atoms with van der Waals surface area (Å²) in [6, 6.07) is 8.16. The summed E-state index contributed by atoms with van der Waals surface area (Å²) in [4.78, 5) is 11.8. The molecule has 0 atom stereocenters. The molecule has 1 aliphatic rings. The van der Waals surface area contributed by atoms with Crippen LogP contribution in [0.4, 0.5) is 0 Å². The highest BCUT2D eigenvalue weighted by Gasteiger charge is 2.13. The fraction of sp³-hybridized carbons (Fsp3) is 0.533. The molecule has 1 amide bonds. The highest BCUT2D eigenvalue weighted by atomic mass is 16.1. The monoisotopic (exact) mass is 246 g/mol. The Morgan fingerprint density at radius 3 is 2.61 bits per heavy atom. The Bertz CT molecular complexity index is 380. The Morgan fingerprint density at radius 1 is 1.28 bits per heavy atom. The summed E-state index contributed by atoms with van der Waals surface area (Å²) in [5, 5.41) is 6.38. The summed E-state index contributed by atoms with van der Waals surface area (Å²) >= 11 is 0. The average molecular weight is 246 g/mol. The zero-order valence-electron chi connectivity index (χ0n) is 11.0. The molecule has 0 bridgehead atoms. The molecule has 1 aromatic rings. The van der Waals surface area contributed by atoms with E-state index in [1.54, 1.807) is 0 Å². The molecule has 1 fully saturated rings. The molecule has 0 radical (unpaired) electrons. The van der Waals surface area contributed by atoms with Gasteiger partial charge in [0.15, 0.2) is 0 Å². The number of benzene rings is 1. The van der Waals surface area contributed by atoms with E-state index in [2.05, 4.69) is 29.7 Å². The van der Waals surface area contributed by atoms with Crippen LogP contribution >= 0.6 is 0 Å². The first-order chi connectivity index (χ1) is 8.74. The molecule has 0 aliphatic carbocycles. The molecule has 1 heterocycles. The Morgan fingerprint density at radius 2 is 1.94 bits per heavy atom. The summed E-state index contributed by atoms with van der Waals surface area (Å²) < 4.78 is 0. The standard InChI is InChI=1S/C15H22N2O/c1-12-2-4-13(5-3-12)10-15(18)17-11-14-6-8-16-9-7-14/h2-5,14,16H,6-11H2,1H3,(H,17,18). The quantitative estimate of drug-likeness (QED) is 0.848. The molecule has 3 heteroatoms. The van der Waals surface area contributed by atoms with Crippen molar-refractivity contribution in [2.24, 2.45) is 5.92 Å². The second-order valence-electron chi connectivity index (χ2n) is 5.16. The number of amides is 1. The molecule has 18 heavy (non-hydrogen) atoms. The zero-order valence-corrected chi connectivity index (χ0v) is 11.0. The van der Waals surface area contributed by atoms with Gasteiger partial charge in [0.1, 0.15) is 0 Å². The van der Waals surface area contributed by atoms with Crippen LogP contribution in [0.1, 0.15) is 24.0 Å². The van der Waals surface area contributed by atoms with Crippen LogP contribution in [-0.4, -0.2) is 25.5 Å². The van der Waals surface area contributed by atoms with Crippen LogP contribution in [0.15, 0.2) is 24.3 Å². The summed E-state index contributed by atoms with van der Waals surface area (Å²) in [5.74, 6) is 0.783. The number of piperidine rings is 1. The van der Waals surface area contributed by atoms with Gasteiger partial charge in [-0.2, -0.15) is 0 Å². The smallest absolute Gasteiger partial charge is 0.224 e. The molecular weight excluding hydrogens is 224 g/mol. The second kappa shape index (κ2) is 6.55. The molecule has 3 nitrogen and oxygen atoms in total. The van der Waals surface area contributed by atoms with Gasteiger partial charge < -0.3 is 10.6 Å². The maximum absolute atomic E-state index is 11.8. The first-order valence-electron chi connectivity index (χ1n) is 6.77. The normalized spacial score (nSPS) is 16.5. The minimum absolute atomic E-state index is 0.136. The van der Waals surface area contributed by atoms with Crippen LogP contribution in [0.3, 0.4) is 0 Å². The summed E-state index contributed by atoms with van der Waals surface area (Å²) in [6.45, 7) is 5.05. The van der Waals surface area contributed by atoms with Crippen LogP contribution < -0.4 is 10.6 Å². The van der Waals surface area contributed by atoms with E-state index in [1.807, 2.05) is 12.1 Å². The van der Waals surface area contributed by atoms with Crippen molar-refractivity contribution in [2.75, 3.05) is 19.6 Å². The number of hydrogen-bond donors (Lipinski definition) is 2. The Kier molecular flexibility index (Phi) is 4.76. The largest absolute Gasteiger partial charge is 0.356 e. The third-order valence-corrected chi connectivity index (χ3v) is 3.53. The third-order valence-electron chi connectivity index (χ3n) is 3.53. The lowest BCUT2D eigenvalue weighted by Crippen LogP contribution is -2.36. The van der Waals surface area contributed by atoms with Gasteiger partial charge in [-0.15, -0.1) is 0 Å². The fourth-order valence-electron chi connectivity index (χ4n) is 2.30. The Hall–Kier alpha value is -1.35.